The van der Waals surface area contributed by atoms with Crippen molar-refractivity contribution in [1.29, 1.82) is 0 Å². The van der Waals surface area contributed by atoms with Crippen LogP contribution >= 0.6 is 0 Å². The molecule has 0 aromatic rings. The molecule has 0 saturated heterocycles. The molecule has 298 valence electrons. The van der Waals surface area contributed by atoms with Crippen molar-refractivity contribution >= 4 is 11.9 Å². The van der Waals surface area contributed by atoms with Crippen LogP contribution < -0.4 is 0 Å². The van der Waals surface area contributed by atoms with Gasteiger partial charge >= 0.3 is 11.9 Å². The zero-order chi connectivity index (χ0) is 37.8. The van der Waals surface area contributed by atoms with Crippen molar-refractivity contribution in [1.82, 2.24) is 0 Å². The number of carbonyl (C=O) groups is 2. The minimum Gasteiger partial charge on any atom is -0.462 e. The minimum atomic E-state index is -0.557. The van der Waals surface area contributed by atoms with E-state index >= 15 is 0 Å². The standard InChI is InChI=1S/C47H80O5/c1-4-7-10-13-16-18-20-22-24-26-28-30-32-34-37-40-46(48)51-44-45(43-50-42-39-36-15-12-9-6-3)52-47(49)41-38-35-33-31-29-27-25-23-21-19-17-14-11-8-5-2/h7,10,16-19,22-25,28,30,45H,4-6,8-9,11-15,20-21,26-27,29,31-44H2,1-3H3/b10-7-,18-16-,19-17-,24-22-,25-23-,30-28-. The molecule has 0 fully saturated rings. The number of allylic oxidation sites excluding steroid dienone is 12. The molecule has 0 N–H and O–H groups in total. The van der Waals surface area contributed by atoms with Crippen molar-refractivity contribution in [2.75, 3.05) is 19.8 Å². The van der Waals surface area contributed by atoms with Gasteiger partial charge in [0.15, 0.2) is 6.10 Å². The summed E-state index contributed by atoms with van der Waals surface area (Å²) < 4.78 is 17.1. The lowest BCUT2D eigenvalue weighted by Crippen LogP contribution is -2.30. The fourth-order valence-electron chi connectivity index (χ4n) is 5.53. The lowest BCUT2D eigenvalue weighted by atomic mass is 10.1. The second-order valence-corrected chi connectivity index (χ2v) is 13.9. The van der Waals surface area contributed by atoms with Gasteiger partial charge in [-0.2, -0.15) is 0 Å². The molecule has 0 aromatic heterocycles. The summed E-state index contributed by atoms with van der Waals surface area (Å²) in [6.45, 7) is 7.57. The molecule has 0 bridgehead atoms. The maximum atomic E-state index is 12.6. The van der Waals surface area contributed by atoms with Crippen molar-refractivity contribution in [3.05, 3.63) is 72.9 Å². The van der Waals surface area contributed by atoms with E-state index in [1.54, 1.807) is 0 Å². The first-order chi connectivity index (χ1) is 25.6. The van der Waals surface area contributed by atoms with Crippen LogP contribution in [0.2, 0.25) is 0 Å². The third-order valence-electron chi connectivity index (χ3n) is 8.73. The van der Waals surface area contributed by atoms with Crippen LogP contribution in [-0.2, 0) is 23.8 Å². The molecule has 5 heteroatoms. The number of ether oxygens (including phenoxy) is 3. The molecular formula is C47H80O5. The Kier molecular flexibility index (Phi) is 40.6. The fraction of sp³-hybridized carbons (Fsp3) is 0.702. The van der Waals surface area contributed by atoms with Gasteiger partial charge in [-0.1, -0.05) is 158 Å². The molecular weight excluding hydrogens is 645 g/mol. The molecule has 0 rings (SSSR count). The Morgan fingerprint density at radius 2 is 0.865 bits per heavy atom. The van der Waals surface area contributed by atoms with E-state index in [1.807, 2.05) is 0 Å². The second-order valence-electron chi connectivity index (χ2n) is 13.9. The van der Waals surface area contributed by atoms with Gasteiger partial charge in [-0.25, -0.2) is 0 Å². The molecule has 0 aliphatic rings. The summed E-state index contributed by atoms with van der Waals surface area (Å²) in [5.74, 6) is -0.469. The zero-order valence-corrected chi connectivity index (χ0v) is 34.1. The summed E-state index contributed by atoms with van der Waals surface area (Å²) in [5, 5.41) is 0. The Labute approximate surface area is 321 Å². The lowest BCUT2D eigenvalue weighted by molar-refractivity contribution is -0.163. The molecule has 5 nitrogen and oxygen atoms in total. The summed E-state index contributed by atoms with van der Waals surface area (Å²) in [7, 11) is 0. The number of unbranched alkanes of at least 4 members (excludes halogenated alkanes) is 15. The van der Waals surface area contributed by atoms with Crippen LogP contribution in [0.25, 0.3) is 0 Å². The van der Waals surface area contributed by atoms with Crippen molar-refractivity contribution in [2.45, 2.75) is 194 Å². The number of carbonyl (C=O) groups excluding carboxylic acids is 2. The first kappa shape index (κ1) is 49.3. The van der Waals surface area contributed by atoms with Crippen LogP contribution in [0.3, 0.4) is 0 Å². The summed E-state index contributed by atoms with van der Waals surface area (Å²) >= 11 is 0. The van der Waals surface area contributed by atoms with Gasteiger partial charge in [0.05, 0.1) is 6.61 Å². The number of rotatable bonds is 38. The Hall–Kier alpha value is -2.66. The number of hydrogen-bond donors (Lipinski definition) is 0. The van der Waals surface area contributed by atoms with Gasteiger partial charge in [-0.05, 0) is 89.9 Å². The van der Waals surface area contributed by atoms with Crippen molar-refractivity contribution in [3.8, 4) is 0 Å². The topological polar surface area (TPSA) is 61.8 Å². The average molecular weight is 725 g/mol. The van der Waals surface area contributed by atoms with Crippen LogP contribution in [-0.4, -0.2) is 37.9 Å². The van der Waals surface area contributed by atoms with E-state index in [4.69, 9.17) is 14.2 Å². The highest BCUT2D eigenvalue weighted by Crippen LogP contribution is 2.11. The van der Waals surface area contributed by atoms with Gasteiger partial charge in [0, 0.05) is 19.4 Å². The van der Waals surface area contributed by atoms with E-state index in [0.717, 1.165) is 89.9 Å². The van der Waals surface area contributed by atoms with Crippen LogP contribution in [0.1, 0.15) is 188 Å². The van der Waals surface area contributed by atoms with Gasteiger partial charge in [0.1, 0.15) is 6.61 Å². The normalized spacial score (nSPS) is 12.9. The van der Waals surface area contributed by atoms with Gasteiger partial charge in [0.25, 0.3) is 0 Å². The Morgan fingerprint density at radius 1 is 0.442 bits per heavy atom. The van der Waals surface area contributed by atoms with Crippen LogP contribution in [0.5, 0.6) is 0 Å². The first-order valence-electron chi connectivity index (χ1n) is 21.5. The Morgan fingerprint density at radius 3 is 1.46 bits per heavy atom. The maximum absolute atomic E-state index is 12.6. The highest BCUT2D eigenvalue weighted by atomic mass is 16.6. The van der Waals surface area contributed by atoms with E-state index in [1.165, 1.54) is 64.2 Å². The van der Waals surface area contributed by atoms with Crippen molar-refractivity contribution in [3.63, 3.8) is 0 Å². The van der Waals surface area contributed by atoms with Gasteiger partial charge in [0.2, 0.25) is 0 Å². The molecule has 0 radical (unpaired) electrons. The fourth-order valence-corrected chi connectivity index (χ4v) is 5.53. The molecule has 52 heavy (non-hydrogen) atoms. The number of hydrogen-bond acceptors (Lipinski definition) is 5. The Balaban J connectivity index is 4.25. The lowest BCUT2D eigenvalue weighted by Gasteiger charge is -2.18. The van der Waals surface area contributed by atoms with Crippen LogP contribution in [0, 0.1) is 0 Å². The third kappa shape index (κ3) is 40.1. The molecule has 0 aliphatic heterocycles. The van der Waals surface area contributed by atoms with Gasteiger partial charge in [-0.15, -0.1) is 0 Å². The summed E-state index contributed by atoms with van der Waals surface area (Å²) in [5.41, 5.74) is 0. The second kappa shape index (κ2) is 42.8. The highest BCUT2D eigenvalue weighted by molar-refractivity contribution is 5.70. The molecule has 1 unspecified atom stereocenters. The summed E-state index contributed by atoms with van der Waals surface area (Å²) in [4.78, 5) is 25.1. The molecule has 0 aliphatic carbocycles. The summed E-state index contributed by atoms with van der Waals surface area (Å²) in [6.07, 6.45) is 53.3. The predicted molar refractivity (Wildman–Crippen MR) is 224 cm³/mol. The third-order valence-corrected chi connectivity index (χ3v) is 8.73. The molecule has 0 spiro atoms. The maximum Gasteiger partial charge on any atom is 0.306 e. The minimum absolute atomic E-state index is 0.0557. The largest absolute Gasteiger partial charge is 0.462 e. The quantitative estimate of drug-likeness (QED) is 0.0360. The van der Waals surface area contributed by atoms with E-state index < -0.39 is 6.10 Å². The van der Waals surface area contributed by atoms with E-state index in [-0.39, 0.29) is 25.2 Å². The SMILES string of the molecule is CC/C=C\C/C=C\C/C=C\C/C=C\CCCCC(=O)OCC(COCCCCCCCC)OC(=O)CCCCCCC/C=C\C/C=C\CCCCC. The van der Waals surface area contributed by atoms with E-state index in [2.05, 4.69) is 93.7 Å². The van der Waals surface area contributed by atoms with Crippen molar-refractivity contribution in [2.24, 2.45) is 0 Å². The highest BCUT2D eigenvalue weighted by Gasteiger charge is 2.17. The predicted octanol–water partition coefficient (Wildman–Crippen LogP) is 14.0. The molecule has 0 amide bonds. The van der Waals surface area contributed by atoms with E-state index in [9.17, 15) is 9.59 Å². The summed E-state index contributed by atoms with van der Waals surface area (Å²) in [6, 6.07) is 0. The molecule has 0 heterocycles. The number of esters is 2. The first-order valence-corrected chi connectivity index (χ1v) is 21.5. The van der Waals surface area contributed by atoms with Crippen LogP contribution in [0.4, 0.5) is 0 Å². The molecule has 0 saturated carbocycles. The molecule has 0 aromatic carbocycles. The van der Waals surface area contributed by atoms with Crippen LogP contribution in [0.15, 0.2) is 72.9 Å². The van der Waals surface area contributed by atoms with Crippen molar-refractivity contribution < 1.29 is 23.8 Å². The van der Waals surface area contributed by atoms with Gasteiger partial charge < -0.3 is 14.2 Å². The van der Waals surface area contributed by atoms with Gasteiger partial charge in [-0.3, -0.25) is 9.59 Å². The average Bonchev–Trinajstić information content (AvgIpc) is 3.14. The Bertz CT molecular complexity index is 957. The zero-order valence-electron chi connectivity index (χ0n) is 34.1. The van der Waals surface area contributed by atoms with E-state index in [0.29, 0.717) is 19.4 Å². The molecule has 1 atom stereocenters. The smallest absolute Gasteiger partial charge is 0.306 e. The monoisotopic (exact) mass is 725 g/mol.